The Kier molecular flexibility index (Phi) is 3.90. The second-order valence-corrected chi connectivity index (χ2v) is 5.12. The van der Waals surface area contributed by atoms with Crippen LogP contribution < -0.4 is 0 Å². The summed E-state index contributed by atoms with van der Waals surface area (Å²) < 4.78 is 5.37. The minimum absolute atomic E-state index is 0.0425. The maximum absolute atomic E-state index is 12.4. The van der Waals surface area contributed by atoms with Gasteiger partial charge < -0.3 is 14.5 Å². The Morgan fingerprint density at radius 3 is 2.78 bits per heavy atom. The van der Waals surface area contributed by atoms with Gasteiger partial charge in [0.15, 0.2) is 0 Å². The molecule has 0 radical (unpaired) electrons. The first-order chi connectivity index (χ1) is 8.57. The van der Waals surface area contributed by atoms with Crippen molar-refractivity contribution in [2.45, 2.75) is 51.7 Å². The van der Waals surface area contributed by atoms with Crippen molar-refractivity contribution in [1.82, 2.24) is 9.80 Å². The van der Waals surface area contributed by atoms with E-state index in [0.29, 0.717) is 13.2 Å². The van der Waals surface area contributed by atoms with Crippen molar-refractivity contribution in [2.24, 2.45) is 0 Å². The fourth-order valence-corrected chi connectivity index (χ4v) is 2.98. The van der Waals surface area contributed by atoms with Gasteiger partial charge in [-0.15, -0.1) is 0 Å². The van der Waals surface area contributed by atoms with Crippen LogP contribution in [0.4, 0.5) is 0 Å². The fraction of sp³-hybridized carbons (Fsp3) is 0.846. The van der Waals surface area contributed by atoms with Crippen LogP contribution in [-0.2, 0) is 14.3 Å². The summed E-state index contributed by atoms with van der Waals surface area (Å²) >= 11 is 0. The Balaban J connectivity index is 2.13. The Labute approximate surface area is 108 Å². The monoisotopic (exact) mass is 254 g/mol. The fourth-order valence-electron chi connectivity index (χ4n) is 2.98. The zero-order valence-electron chi connectivity index (χ0n) is 11.4. The van der Waals surface area contributed by atoms with E-state index in [1.807, 2.05) is 20.8 Å². The van der Waals surface area contributed by atoms with E-state index in [1.54, 1.807) is 9.80 Å². The number of carbonyl (C=O) groups excluding carboxylic acids is 2. The standard InChI is InChI=1S/C13H22N2O3/c1-4-18-8-9(2)15-10(3)12(16)14-7-5-6-11(14)13(15)17/h9-11H,4-8H2,1-3H3. The third kappa shape index (κ3) is 2.11. The molecular weight excluding hydrogens is 232 g/mol. The highest BCUT2D eigenvalue weighted by Gasteiger charge is 2.47. The third-order valence-corrected chi connectivity index (χ3v) is 3.89. The molecule has 0 aliphatic carbocycles. The van der Waals surface area contributed by atoms with Crippen molar-refractivity contribution in [1.29, 1.82) is 0 Å². The van der Waals surface area contributed by atoms with Gasteiger partial charge in [-0.3, -0.25) is 9.59 Å². The molecule has 2 rings (SSSR count). The summed E-state index contributed by atoms with van der Waals surface area (Å²) in [6.45, 7) is 7.54. The van der Waals surface area contributed by atoms with Gasteiger partial charge in [-0.1, -0.05) is 0 Å². The Morgan fingerprint density at radius 2 is 2.11 bits per heavy atom. The maximum atomic E-state index is 12.4. The lowest BCUT2D eigenvalue weighted by Crippen LogP contribution is -2.64. The average molecular weight is 254 g/mol. The van der Waals surface area contributed by atoms with Crippen LogP contribution in [0.5, 0.6) is 0 Å². The lowest BCUT2D eigenvalue weighted by atomic mass is 10.0. The summed E-state index contributed by atoms with van der Waals surface area (Å²) in [5.41, 5.74) is 0. The number of carbonyl (C=O) groups is 2. The van der Waals surface area contributed by atoms with E-state index >= 15 is 0 Å². The molecule has 3 atom stereocenters. The molecule has 0 aromatic heterocycles. The van der Waals surface area contributed by atoms with Crippen LogP contribution in [0, 0.1) is 0 Å². The first-order valence-corrected chi connectivity index (χ1v) is 6.78. The second-order valence-electron chi connectivity index (χ2n) is 5.12. The molecule has 0 aromatic rings. The first-order valence-electron chi connectivity index (χ1n) is 6.78. The molecule has 102 valence electrons. The van der Waals surface area contributed by atoms with Crippen molar-refractivity contribution in [2.75, 3.05) is 19.8 Å². The molecule has 5 heteroatoms. The summed E-state index contributed by atoms with van der Waals surface area (Å²) in [7, 11) is 0. The lowest BCUT2D eigenvalue weighted by molar-refractivity contribution is -0.162. The van der Waals surface area contributed by atoms with Gasteiger partial charge in [-0.2, -0.15) is 0 Å². The van der Waals surface area contributed by atoms with Gasteiger partial charge >= 0.3 is 0 Å². The van der Waals surface area contributed by atoms with Crippen molar-refractivity contribution >= 4 is 11.8 Å². The Morgan fingerprint density at radius 1 is 1.39 bits per heavy atom. The molecule has 2 fully saturated rings. The molecule has 2 amide bonds. The van der Waals surface area contributed by atoms with Gasteiger partial charge in [-0.25, -0.2) is 0 Å². The molecule has 3 unspecified atom stereocenters. The van der Waals surface area contributed by atoms with Gasteiger partial charge in [0, 0.05) is 13.2 Å². The van der Waals surface area contributed by atoms with E-state index in [0.717, 1.165) is 19.4 Å². The molecule has 0 spiro atoms. The Bertz CT molecular complexity index is 345. The topological polar surface area (TPSA) is 49.9 Å². The lowest BCUT2D eigenvalue weighted by Gasteiger charge is -2.43. The first kappa shape index (κ1) is 13.3. The predicted octanol–water partition coefficient (Wildman–Crippen LogP) is 0.633. The summed E-state index contributed by atoms with van der Waals surface area (Å²) in [5.74, 6) is 0.173. The second kappa shape index (κ2) is 5.26. The van der Waals surface area contributed by atoms with Crippen LogP contribution in [0.1, 0.15) is 33.6 Å². The molecule has 0 saturated carbocycles. The summed E-state index contributed by atoms with van der Waals surface area (Å²) in [4.78, 5) is 28.1. The summed E-state index contributed by atoms with van der Waals surface area (Å²) in [6, 6.07) is -0.626. The zero-order valence-corrected chi connectivity index (χ0v) is 11.4. The summed E-state index contributed by atoms with van der Waals surface area (Å²) in [5, 5.41) is 0. The largest absolute Gasteiger partial charge is 0.380 e. The maximum Gasteiger partial charge on any atom is 0.246 e. The van der Waals surface area contributed by atoms with E-state index in [1.165, 1.54) is 0 Å². The van der Waals surface area contributed by atoms with E-state index in [4.69, 9.17) is 4.74 Å². The highest BCUT2D eigenvalue weighted by Crippen LogP contribution is 2.28. The van der Waals surface area contributed by atoms with E-state index in [2.05, 4.69) is 0 Å². The number of ether oxygens (including phenoxy) is 1. The third-order valence-electron chi connectivity index (χ3n) is 3.89. The van der Waals surface area contributed by atoms with Crippen LogP contribution in [0.3, 0.4) is 0 Å². The van der Waals surface area contributed by atoms with Crippen molar-refractivity contribution < 1.29 is 14.3 Å². The van der Waals surface area contributed by atoms with E-state index < -0.39 is 0 Å². The molecule has 18 heavy (non-hydrogen) atoms. The molecule has 2 aliphatic rings. The van der Waals surface area contributed by atoms with Crippen molar-refractivity contribution in [3.63, 3.8) is 0 Å². The molecule has 0 aromatic carbocycles. The molecule has 0 bridgehead atoms. The van der Waals surface area contributed by atoms with Crippen LogP contribution in [0.15, 0.2) is 0 Å². The number of amides is 2. The number of rotatable bonds is 4. The number of hydrogen-bond donors (Lipinski definition) is 0. The van der Waals surface area contributed by atoms with Crippen LogP contribution >= 0.6 is 0 Å². The Hall–Kier alpha value is -1.10. The highest BCUT2D eigenvalue weighted by atomic mass is 16.5. The zero-order chi connectivity index (χ0) is 13.3. The molecule has 2 heterocycles. The molecule has 5 nitrogen and oxygen atoms in total. The van der Waals surface area contributed by atoms with Gasteiger partial charge in [0.25, 0.3) is 0 Å². The predicted molar refractivity (Wildman–Crippen MR) is 67.0 cm³/mol. The molecule has 2 saturated heterocycles. The van der Waals surface area contributed by atoms with E-state index in [9.17, 15) is 9.59 Å². The van der Waals surface area contributed by atoms with Crippen molar-refractivity contribution in [3.05, 3.63) is 0 Å². The van der Waals surface area contributed by atoms with Gasteiger partial charge in [0.05, 0.1) is 12.6 Å². The van der Waals surface area contributed by atoms with Gasteiger partial charge in [-0.05, 0) is 33.6 Å². The SMILES string of the molecule is CCOCC(C)N1C(=O)C2CCCN2C(=O)C1C. The van der Waals surface area contributed by atoms with Crippen LogP contribution in [0.25, 0.3) is 0 Å². The normalized spacial score (nSPS) is 29.7. The number of hydrogen-bond acceptors (Lipinski definition) is 3. The number of nitrogens with zero attached hydrogens (tertiary/aromatic N) is 2. The number of piperazine rings is 1. The van der Waals surface area contributed by atoms with Crippen LogP contribution in [-0.4, -0.2) is 59.5 Å². The van der Waals surface area contributed by atoms with Crippen LogP contribution in [0.2, 0.25) is 0 Å². The minimum Gasteiger partial charge on any atom is -0.380 e. The smallest absolute Gasteiger partial charge is 0.246 e. The van der Waals surface area contributed by atoms with Gasteiger partial charge in [0.2, 0.25) is 11.8 Å². The summed E-state index contributed by atoms with van der Waals surface area (Å²) in [6.07, 6.45) is 1.73. The number of fused-ring (bicyclic) bond motifs is 1. The van der Waals surface area contributed by atoms with Crippen molar-refractivity contribution in [3.8, 4) is 0 Å². The molecule has 0 N–H and O–H groups in total. The average Bonchev–Trinajstić information content (AvgIpc) is 2.83. The van der Waals surface area contributed by atoms with E-state index in [-0.39, 0.29) is 29.9 Å². The molecule has 2 aliphatic heterocycles. The quantitative estimate of drug-likeness (QED) is 0.739. The highest BCUT2D eigenvalue weighted by molar-refractivity contribution is 5.97. The van der Waals surface area contributed by atoms with Gasteiger partial charge in [0.1, 0.15) is 12.1 Å². The molecular formula is C13H22N2O3. The minimum atomic E-state index is -0.359.